The summed E-state index contributed by atoms with van der Waals surface area (Å²) in [6.45, 7) is 0.186. The molecular formula is C12H12N4O3S. The van der Waals surface area contributed by atoms with E-state index >= 15 is 0 Å². The Kier molecular flexibility index (Phi) is 4.61. The zero-order valence-corrected chi connectivity index (χ0v) is 11.4. The van der Waals surface area contributed by atoms with Crippen LogP contribution in [-0.4, -0.2) is 29.1 Å². The fourth-order valence-corrected chi connectivity index (χ4v) is 1.93. The number of thiazole rings is 1. The topological polar surface area (TPSA) is 93.2 Å². The molecule has 0 unspecified atom stereocenters. The van der Waals surface area contributed by atoms with E-state index in [1.807, 2.05) is 0 Å². The van der Waals surface area contributed by atoms with Crippen molar-refractivity contribution in [2.45, 2.75) is 6.54 Å². The minimum atomic E-state index is -0.551. The van der Waals surface area contributed by atoms with Crippen molar-refractivity contribution in [1.29, 1.82) is 0 Å². The second-order valence-corrected chi connectivity index (χ2v) is 4.57. The first-order valence-electron chi connectivity index (χ1n) is 5.66. The molecule has 0 spiro atoms. The van der Waals surface area contributed by atoms with Crippen LogP contribution in [0.1, 0.15) is 16.1 Å². The molecule has 0 aliphatic carbocycles. The Morgan fingerprint density at radius 3 is 2.90 bits per heavy atom. The number of nitrogens with zero attached hydrogens (tertiary/aromatic N) is 2. The molecule has 2 aromatic rings. The second kappa shape index (κ2) is 6.62. The highest BCUT2D eigenvalue weighted by atomic mass is 32.1. The standard InChI is InChI=1S/C12H12N4O3S/c1-19-12(18)15-7-9-6-8(2-3-13-9)10(17)16-11-14-4-5-20-11/h2-6H,7H2,1H3,(H,15,18)(H,14,16,17). The van der Waals surface area contributed by atoms with E-state index in [1.165, 1.54) is 24.6 Å². The molecule has 104 valence electrons. The van der Waals surface area contributed by atoms with Gasteiger partial charge in [-0.2, -0.15) is 0 Å². The zero-order valence-electron chi connectivity index (χ0n) is 10.6. The van der Waals surface area contributed by atoms with Crippen LogP contribution in [-0.2, 0) is 11.3 Å². The lowest BCUT2D eigenvalue weighted by atomic mass is 10.2. The summed E-state index contributed by atoms with van der Waals surface area (Å²) in [7, 11) is 1.28. The molecular weight excluding hydrogens is 280 g/mol. The highest BCUT2D eigenvalue weighted by Gasteiger charge is 2.09. The van der Waals surface area contributed by atoms with Gasteiger partial charge in [0.15, 0.2) is 5.13 Å². The van der Waals surface area contributed by atoms with Gasteiger partial charge in [0.2, 0.25) is 0 Å². The Labute approximate surface area is 119 Å². The lowest BCUT2D eigenvalue weighted by molar-refractivity contribution is 0.102. The average molecular weight is 292 g/mol. The van der Waals surface area contributed by atoms with Crippen molar-refractivity contribution in [3.8, 4) is 0 Å². The number of carbonyl (C=O) groups is 2. The number of anilines is 1. The summed E-state index contributed by atoms with van der Waals surface area (Å²) in [5.41, 5.74) is 0.999. The molecule has 0 aliphatic heterocycles. The molecule has 8 heteroatoms. The minimum Gasteiger partial charge on any atom is -0.453 e. The Morgan fingerprint density at radius 2 is 2.20 bits per heavy atom. The van der Waals surface area contributed by atoms with Crippen LogP contribution in [0.4, 0.5) is 9.93 Å². The normalized spacial score (nSPS) is 9.85. The Morgan fingerprint density at radius 1 is 1.35 bits per heavy atom. The number of amides is 2. The fourth-order valence-electron chi connectivity index (χ4n) is 1.41. The first-order valence-corrected chi connectivity index (χ1v) is 6.54. The highest BCUT2D eigenvalue weighted by Crippen LogP contribution is 2.12. The summed E-state index contributed by atoms with van der Waals surface area (Å²) in [4.78, 5) is 31.0. The molecule has 0 aliphatic rings. The molecule has 0 atom stereocenters. The molecule has 0 aromatic carbocycles. The van der Waals surface area contributed by atoms with Crippen LogP contribution in [0.3, 0.4) is 0 Å². The van der Waals surface area contributed by atoms with Gasteiger partial charge in [-0.25, -0.2) is 9.78 Å². The molecule has 20 heavy (non-hydrogen) atoms. The summed E-state index contributed by atoms with van der Waals surface area (Å²) in [5, 5.41) is 7.47. The number of carbonyl (C=O) groups excluding carboxylic acids is 2. The third kappa shape index (κ3) is 3.75. The lowest BCUT2D eigenvalue weighted by Crippen LogP contribution is -2.23. The number of ether oxygens (including phenoxy) is 1. The van der Waals surface area contributed by atoms with Crippen LogP contribution in [0, 0.1) is 0 Å². The molecule has 0 saturated carbocycles. The number of rotatable bonds is 4. The number of hydrogen-bond acceptors (Lipinski definition) is 6. The third-order valence-electron chi connectivity index (χ3n) is 2.33. The lowest BCUT2D eigenvalue weighted by Gasteiger charge is -2.05. The molecule has 0 bridgehead atoms. The van der Waals surface area contributed by atoms with Crippen molar-refractivity contribution in [3.63, 3.8) is 0 Å². The van der Waals surface area contributed by atoms with Gasteiger partial charge in [0, 0.05) is 23.3 Å². The third-order valence-corrected chi connectivity index (χ3v) is 3.02. The molecule has 7 nitrogen and oxygen atoms in total. The molecule has 2 heterocycles. The van der Waals surface area contributed by atoms with E-state index in [4.69, 9.17) is 0 Å². The van der Waals surface area contributed by atoms with Gasteiger partial charge in [-0.1, -0.05) is 0 Å². The SMILES string of the molecule is COC(=O)NCc1cc(C(=O)Nc2nccs2)ccn1. The minimum absolute atomic E-state index is 0.186. The molecule has 2 N–H and O–H groups in total. The summed E-state index contributed by atoms with van der Waals surface area (Å²) in [6, 6.07) is 3.18. The van der Waals surface area contributed by atoms with E-state index in [0.717, 1.165) is 0 Å². The number of alkyl carbamates (subject to hydrolysis) is 1. The van der Waals surface area contributed by atoms with Gasteiger partial charge in [-0.3, -0.25) is 15.1 Å². The Balaban J connectivity index is 2.01. The number of pyridine rings is 1. The van der Waals surface area contributed by atoms with E-state index in [2.05, 4.69) is 25.3 Å². The van der Waals surface area contributed by atoms with Gasteiger partial charge in [0.1, 0.15) is 0 Å². The predicted molar refractivity (Wildman–Crippen MR) is 73.5 cm³/mol. The first kappa shape index (κ1) is 13.9. The van der Waals surface area contributed by atoms with E-state index in [-0.39, 0.29) is 12.5 Å². The molecule has 0 radical (unpaired) electrons. The van der Waals surface area contributed by atoms with E-state index in [1.54, 1.807) is 23.7 Å². The predicted octanol–water partition coefficient (Wildman–Crippen LogP) is 1.65. The van der Waals surface area contributed by atoms with Crippen LogP contribution in [0.15, 0.2) is 29.9 Å². The van der Waals surface area contributed by atoms with Crippen molar-refractivity contribution in [3.05, 3.63) is 41.2 Å². The van der Waals surface area contributed by atoms with E-state index < -0.39 is 6.09 Å². The van der Waals surface area contributed by atoms with Crippen LogP contribution < -0.4 is 10.6 Å². The summed E-state index contributed by atoms with van der Waals surface area (Å²) < 4.78 is 4.46. The van der Waals surface area contributed by atoms with Gasteiger partial charge < -0.3 is 10.1 Å². The smallest absolute Gasteiger partial charge is 0.407 e. The molecule has 0 fully saturated rings. The fraction of sp³-hybridized carbons (Fsp3) is 0.167. The van der Waals surface area contributed by atoms with Crippen LogP contribution >= 0.6 is 11.3 Å². The highest BCUT2D eigenvalue weighted by molar-refractivity contribution is 7.13. The van der Waals surface area contributed by atoms with Crippen molar-refractivity contribution in [2.75, 3.05) is 12.4 Å². The Hall–Kier alpha value is -2.48. The van der Waals surface area contributed by atoms with Crippen LogP contribution in [0.25, 0.3) is 0 Å². The summed E-state index contributed by atoms with van der Waals surface area (Å²) >= 11 is 1.34. The number of methoxy groups -OCH3 is 1. The molecule has 2 amide bonds. The van der Waals surface area contributed by atoms with Crippen molar-refractivity contribution >= 4 is 28.5 Å². The van der Waals surface area contributed by atoms with E-state index in [0.29, 0.717) is 16.4 Å². The molecule has 0 saturated heterocycles. The van der Waals surface area contributed by atoms with Crippen molar-refractivity contribution < 1.29 is 14.3 Å². The second-order valence-electron chi connectivity index (χ2n) is 3.67. The van der Waals surface area contributed by atoms with Crippen LogP contribution in [0.5, 0.6) is 0 Å². The van der Waals surface area contributed by atoms with Gasteiger partial charge in [0.05, 0.1) is 19.3 Å². The monoisotopic (exact) mass is 292 g/mol. The zero-order chi connectivity index (χ0) is 14.4. The maximum Gasteiger partial charge on any atom is 0.407 e. The maximum atomic E-state index is 12.0. The first-order chi connectivity index (χ1) is 9.69. The summed E-state index contributed by atoms with van der Waals surface area (Å²) in [5.74, 6) is -0.276. The Bertz CT molecular complexity index is 601. The maximum absolute atomic E-state index is 12.0. The number of aromatic nitrogens is 2. The number of hydrogen-bond donors (Lipinski definition) is 2. The number of nitrogens with one attached hydrogen (secondary N) is 2. The van der Waals surface area contributed by atoms with Gasteiger partial charge >= 0.3 is 6.09 Å². The largest absolute Gasteiger partial charge is 0.453 e. The van der Waals surface area contributed by atoms with Crippen molar-refractivity contribution in [2.24, 2.45) is 0 Å². The van der Waals surface area contributed by atoms with Gasteiger partial charge in [0.25, 0.3) is 5.91 Å². The molecule has 2 rings (SSSR count). The quantitative estimate of drug-likeness (QED) is 0.893. The average Bonchev–Trinajstić information content (AvgIpc) is 2.98. The van der Waals surface area contributed by atoms with Crippen LogP contribution in [0.2, 0.25) is 0 Å². The van der Waals surface area contributed by atoms with Gasteiger partial charge in [-0.05, 0) is 12.1 Å². The van der Waals surface area contributed by atoms with Crippen molar-refractivity contribution in [1.82, 2.24) is 15.3 Å². The van der Waals surface area contributed by atoms with E-state index in [9.17, 15) is 9.59 Å². The van der Waals surface area contributed by atoms with Gasteiger partial charge in [-0.15, -0.1) is 11.3 Å². The molecule has 2 aromatic heterocycles. The summed E-state index contributed by atoms with van der Waals surface area (Å²) in [6.07, 6.45) is 2.56.